The topological polar surface area (TPSA) is 77.4 Å². The number of hydrogen-bond acceptors (Lipinski definition) is 4. The number of ether oxygens (including phenoxy) is 1. The molecule has 1 heterocycles. The SMILES string of the molecule is COC(=O)c1ccc(C(=O)NCc2ccc(Cn3ccccc3=O)cc2)cc1. The summed E-state index contributed by atoms with van der Waals surface area (Å²) in [6.07, 6.45) is 1.75. The maximum absolute atomic E-state index is 12.2. The largest absolute Gasteiger partial charge is 0.465 e. The third-order valence-electron chi connectivity index (χ3n) is 4.30. The fourth-order valence-corrected chi connectivity index (χ4v) is 2.71. The number of aromatic nitrogens is 1. The highest BCUT2D eigenvalue weighted by atomic mass is 16.5. The Kier molecular flexibility index (Phi) is 6.01. The van der Waals surface area contributed by atoms with Gasteiger partial charge in [-0.2, -0.15) is 0 Å². The molecule has 142 valence electrons. The van der Waals surface area contributed by atoms with Crippen LogP contribution in [0.15, 0.2) is 77.7 Å². The van der Waals surface area contributed by atoms with Crippen LogP contribution in [-0.2, 0) is 17.8 Å². The second kappa shape index (κ2) is 8.81. The van der Waals surface area contributed by atoms with E-state index in [2.05, 4.69) is 10.1 Å². The Hall–Kier alpha value is -3.67. The Labute approximate surface area is 162 Å². The van der Waals surface area contributed by atoms with Crippen molar-refractivity contribution in [2.45, 2.75) is 13.1 Å². The van der Waals surface area contributed by atoms with Crippen LogP contribution in [-0.4, -0.2) is 23.6 Å². The average Bonchev–Trinajstić information content (AvgIpc) is 2.74. The number of benzene rings is 2. The van der Waals surface area contributed by atoms with Gasteiger partial charge in [-0.3, -0.25) is 9.59 Å². The normalized spacial score (nSPS) is 10.3. The highest BCUT2D eigenvalue weighted by Gasteiger charge is 2.09. The Morgan fingerprint density at radius 1 is 0.893 bits per heavy atom. The third kappa shape index (κ3) is 4.73. The molecule has 0 radical (unpaired) electrons. The van der Waals surface area contributed by atoms with Crippen LogP contribution in [0.25, 0.3) is 0 Å². The molecule has 0 saturated carbocycles. The molecule has 1 N–H and O–H groups in total. The zero-order chi connectivity index (χ0) is 19.9. The van der Waals surface area contributed by atoms with Gasteiger partial charge in [0.25, 0.3) is 11.5 Å². The summed E-state index contributed by atoms with van der Waals surface area (Å²) in [7, 11) is 1.31. The summed E-state index contributed by atoms with van der Waals surface area (Å²) in [5.41, 5.74) is 2.77. The molecule has 0 unspecified atom stereocenters. The van der Waals surface area contributed by atoms with Crippen molar-refractivity contribution in [2.24, 2.45) is 0 Å². The molecule has 6 heteroatoms. The van der Waals surface area contributed by atoms with E-state index in [0.29, 0.717) is 24.2 Å². The van der Waals surface area contributed by atoms with Crippen molar-refractivity contribution in [3.8, 4) is 0 Å². The molecule has 28 heavy (non-hydrogen) atoms. The first-order valence-electron chi connectivity index (χ1n) is 8.76. The zero-order valence-corrected chi connectivity index (χ0v) is 15.4. The third-order valence-corrected chi connectivity index (χ3v) is 4.30. The molecule has 0 spiro atoms. The van der Waals surface area contributed by atoms with Crippen LogP contribution in [0, 0.1) is 0 Å². The predicted molar refractivity (Wildman–Crippen MR) is 105 cm³/mol. The number of esters is 1. The van der Waals surface area contributed by atoms with Crippen LogP contribution >= 0.6 is 0 Å². The fourth-order valence-electron chi connectivity index (χ4n) is 2.71. The van der Waals surface area contributed by atoms with E-state index in [1.807, 2.05) is 30.3 Å². The Bertz CT molecular complexity index is 1020. The molecule has 2 aromatic carbocycles. The second-order valence-electron chi connectivity index (χ2n) is 6.23. The molecule has 0 atom stereocenters. The van der Waals surface area contributed by atoms with Crippen LogP contribution in [0.5, 0.6) is 0 Å². The van der Waals surface area contributed by atoms with Gasteiger partial charge in [-0.1, -0.05) is 30.3 Å². The maximum Gasteiger partial charge on any atom is 0.337 e. The molecule has 3 aromatic rings. The number of methoxy groups -OCH3 is 1. The lowest BCUT2D eigenvalue weighted by Gasteiger charge is -2.08. The molecule has 6 nitrogen and oxygen atoms in total. The van der Waals surface area contributed by atoms with Crippen LogP contribution < -0.4 is 10.9 Å². The molecule has 0 fully saturated rings. The molecule has 0 aliphatic carbocycles. The van der Waals surface area contributed by atoms with Gasteiger partial charge in [0.05, 0.1) is 19.2 Å². The molecule has 0 aliphatic rings. The average molecular weight is 376 g/mol. The van der Waals surface area contributed by atoms with Crippen LogP contribution in [0.1, 0.15) is 31.8 Å². The lowest BCUT2D eigenvalue weighted by Crippen LogP contribution is -2.23. The monoisotopic (exact) mass is 376 g/mol. The lowest BCUT2D eigenvalue weighted by molar-refractivity contribution is 0.0600. The van der Waals surface area contributed by atoms with E-state index < -0.39 is 5.97 Å². The highest BCUT2D eigenvalue weighted by Crippen LogP contribution is 2.08. The summed E-state index contributed by atoms with van der Waals surface area (Å²) < 4.78 is 6.27. The minimum Gasteiger partial charge on any atom is -0.465 e. The summed E-state index contributed by atoms with van der Waals surface area (Å²) in [4.78, 5) is 35.4. The Morgan fingerprint density at radius 2 is 1.54 bits per heavy atom. The van der Waals surface area contributed by atoms with Crippen molar-refractivity contribution >= 4 is 11.9 Å². The molecule has 0 aliphatic heterocycles. The van der Waals surface area contributed by atoms with Crippen molar-refractivity contribution < 1.29 is 14.3 Å². The van der Waals surface area contributed by atoms with Gasteiger partial charge in [-0.25, -0.2) is 4.79 Å². The minimum absolute atomic E-state index is 0.0444. The first kappa shape index (κ1) is 19.1. The number of hydrogen-bond donors (Lipinski definition) is 1. The summed E-state index contributed by atoms with van der Waals surface area (Å²) in [6, 6.07) is 19.1. The van der Waals surface area contributed by atoms with Crippen molar-refractivity contribution in [1.29, 1.82) is 0 Å². The van der Waals surface area contributed by atoms with E-state index in [1.54, 1.807) is 41.1 Å². The van der Waals surface area contributed by atoms with Gasteiger partial charge in [-0.15, -0.1) is 0 Å². The van der Waals surface area contributed by atoms with E-state index in [0.717, 1.165) is 11.1 Å². The number of nitrogens with zero attached hydrogens (tertiary/aromatic N) is 1. The molecule has 1 aromatic heterocycles. The van der Waals surface area contributed by atoms with Crippen molar-refractivity contribution in [3.63, 3.8) is 0 Å². The number of nitrogens with one attached hydrogen (secondary N) is 1. The van der Waals surface area contributed by atoms with Crippen molar-refractivity contribution in [1.82, 2.24) is 9.88 Å². The number of carbonyl (C=O) groups is 2. The maximum atomic E-state index is 12.2. The van der Waals surface area contributed by atoms with E-state index in [4.69, 9.17) is 0 Å². The van der Waals surface area contributed by atoms with Crippen LogP contribution in [0.2, 0.25) is 0 Å². The van der Waals surface area contributed by atoms with Crippen LogP contribution in [0.4, 0.5) is 0 Å². The number of carbonyl (C=O) groups excluding carboxylic acids is 2. The number of amides is 1. The summed E-state index contributed by atoms with van der Waals surface area (Å²) in [6.45, 7) is 0.877. The van der Waals surface area contributed by atoms with Gasteiger partial charge >= 0.3 is 5.97 Å². The lowest BCUT2D eigenvalue weighted by atomic mass is 10.1. The molecule has 3 rings (SSSR count). The second-order valence-corrected chi connectivity index (χ2v) is 6.23. The van der Waals surface area contributed by atoms with Gasteiger partial charge in [-0.05, 0) is 41.5 Å². The van der Waals surface area contributed by atoms with Crippen molar-refractivity contribution in [3.05, 3.63) is 106 Å². The van der Waals surface area contributed by atoms with E-state index >= 15 is 0 Å². The standard InChI is InChI=1S/C22H20N2O4/c1-28-22(27)19-11-9-18(10-12-19)21(26)23-14-16-5-7-17(8-6-16)15-24-13-3-2-4-20(24)25/h2-13H,14-15H2,1H3,(H,23,26). The van der Waals surface area contributed by atoms with Gasteiger partial charge < -0.3 is 14.6 Å². The molecular formula is C22H20N2O4. The Balaban J connectivity index is 1.57. The fraction of sp³-hybridized carbons (Fsp3) is 0.136. The summed E-state index contributed by atoms with van der Waals surface area (Å²) in [5, 5.41) is 2.85. The first-order valence-corrected chi connectivity index (χ1v) is 8.76. The number of pyridine rings is 1. The zero-order valence-electron chi connectivity index (χ0n) is 15.4. The smallest absolute Gasteiger partial charge is 0.337 e. The quantitative estimate of drug-likeness (QED) is 0.671. The van der Waals surface area contributed by atoms with E-state index in [1.165, 1.54) is 13.2 Å². The molecule has 1 amide bonds. The van der Waals surface area contributed by atoms with Crippen LogP contribution in [0.3, 0.4) is 0 Å². The van der Waals surface area contributed by atoms with Gasteiger partial charge in [0.2, 0.25) is 0 Å². The molecule has 0 saturated heterocycles. The number of rotatable bonds is 6. The Morgan fingerprint density at radius 3 is 2.18 bits per heavy atom. The van der Waals surface area contributed by atoms with Gasteiger partial charge in [0.1, 0.15) is 0 Å². The van der Waals surface area contributed by atoms with Gasteiger partial charge in [0.15, 0.2) is 0 Å². The van der Waals surface area contributed by atoms with Gasteiger partial charge in [0, 0.05) is 24.4 Å². The van der Waals surface area contributed by atoms with Crippen molar-refractivity contribution in [2.75, 3.05) is 7.11 Å². The summed E-state index contributed by atoms with van der Waals surface area (Å²) >= 11 is 0. The minimum atomic E-state index is -0.440. The molecular weight excluding hydrogens is 356 g/mol. The van der Waals surface area contributed by atoms with E-state index in [9.17, 15) is 14.4 Å². The van der Waals surface area contributed by atoms with E-state index in [-0.39, 0.29) is 11.5 Å². The first-order chi connectivity index (χ1) is 13.6. The predicted octanol–water partition coefficient (Wildman–Crippen LogP) is 2.61. The highest BCUT2D eigenvalue weighted by molar-refractivity contribution is 5.96. The summed E-state index contributed by atoms with van der Waals surface area (Å²) in [5.74, 6) is -0.666. The molecule has 0 bridgehead atoms.